The Labute approximate surface area is 253 Å². The molecule has 228 valence electrons. The van der Waals surface area contributed by atoms with Crippen LogP contribution in [-0.4, -0.2) is 80.9 Å². The Bertz CT molecular complexity index is 1380. The van der Waals surface area contributed by atoms with Gasteiger partial charge in [-0.2, -0.15) is 0 Å². The fraction of sp³-hybridized carbons (Fsp3) is 0.406. The maximum Gasteiger partial charge on any atom is 0.247 e. The van der Waals surface area contributed by atoms with Crippen LogP contribution >= 0.6 is 0 Å². The van der Waals surface area contributed by atoms with Gasteiger partial charge in [0.1, 0.15) is 17.9 Å². The summed E-state index contributed by atoms with van der Waals surface area (Å²) in [5.74, 6) is 1.57. The van der Waals surface area contributed by atoms with Crippen LogP contribution in [0.2, 0.25) is 0 Å². The number of nitrogens with zero attached hydrogens (tertiary/aromatic N) is 5. The smallest absolute Gasteiger partial charge is 0.247 e. The third-order valence-corrected chi connectivity index (χ3v) is 8.07. The van der Waals surface area contributed by atoms with Gasteiger partial charge in [-0.25, -0.2) is 15.0 Å². The number of likely N-dealkylation sites (N-methyl/N-ethyl adjacent to an activating group) is 1. The second-order valence-corrected chi connectivity index (χ2v) is 10.7. The highest BCUT2D eigenvalue weighted by atomic mass is 16.7. The number of hydroxylamine groups is 1. The van der Waals surface area contributed by atoms with Crippen LogP contribution in [0.4, 0.5) is 28.7 Å². The Morgan fingerprint density at radius 1 is 1.12 bits per heavy atom. The van der Waals surface area contributed by atoms with Crippen LogP contribution in [0.5, 0.6) is 5.75 Å². The van der Waals surface area contributed by atoms with Crippen molar-refractivity contribution in [1.29, 1.82) is 0 Å². The molecule has 1 atom stereocenters. The number of benzene rings is 2. The van der Waals surface area contributed by atoms with Gasteiger partial charge in [0.05, 0.1) is 43.4 Å². The van der Waals surface area contributed by atoms with Gasteiger partial charge in [0, 0.05) is 51.3 Å². The van der Waals surface area contributed by atoms with Crippen LogP contribution in [0, 0.1) is 0 Å². The van der Waals surface area contributed by atoms with Crippen LogP contribution in [-0.2, 0) is 14.4 Å². The van der Waals surface area contributed by atoms with E-state index in [1.165, 1.54) is 18.0 Å². The maximum atomic E-state index is 12.5. The normalized spacial score (nSPS) is 17.3. The van der Waals surface area contributed by atoms with Crippen molar-refractivity contribution in [2.75, 3.05) is 74.7 Å². The van der Waals surface area contributed by atoms with Crippen LogP contribution in [0.1, 0.15) is 30.9 Å². The van der Waals surface area contributed by atoms with Crippen molar-refractivity contribution >= 4 is 34.6 Å². The Kier molecular flexibility index (Phi) is 10.1. The lowest BCUT2D eigenvalue weighted by atomic mass is 10.0. The highest BCUT2D eigenvalue weighted by Gasteiger charge is 2.29. The number of methoxy groups -OCH3 is 2. The highest BCUT2D eigenvalue weighted by Crippen LogP contribution is 2.40. The molecule has 2 fully saturated rings. The molecule has 3 aromatic rings. The summed E-state index contributed by atoms with van der Waals surface area (Å²) in [4.78, 5) is 32.0. The maximum absolute atomic E-state index is 12.5. The van der Waals surface area contributed by atoms with Crippen molar-refractivity contribution in [3.05, 3.63) is 73.1 Å². The molecule has 2 aromatic carbocycles. The lowest BCUT2D eigenvalue weighted by Gasteiger charge is -2.38. The third kappa shape index (κ3) is 7.24. The van der Waals surface area contributed by atoms with E-state index in [9.17, 15) is 4.79 Å². The zero-order chi connectivity index (χ0) is 30.2. The van der Waals surface area contributed by atoms with Gasteiger partial charge < -0.3 is 29.9 Å². The number of piperidine rings is 1. The predicted molar refractivity (Wildman–Crippen MR) is 169 cm³/mol. The summed E-state index contributed by atoms with van der Waals surface area (Å²) in [5, 5.41) is 8.21. The number of hydrogen-bond acceptors (Lipinski definition) is 10. The quantitative estimate of drug-likeness (QED) is 0.288. The molecule has 1 amide bonds. The van der Waals surface area contributed by atoms with E-state index in [1.807, 2.05) is 41.5 Å². The molecule has 0 aliphatic carbocycles. The number of amides is 1. The van der Waals surface area contributed by atoms with E-state index in [2.05, 4.69) is 56.2 Å². The molecule has 0 bridgehead atoms. The van der Waals surface area contributed by atoms with E-state index in [1.54, 1.807) is 14.2 Å². The number of nitrogens with one attached hydrogen (secondary N) is 2. The second-order valence-electron chi connectivity index (χ2n) is 10.7. The summed E-state index contributed by atoms with van der Waals surface area (Å²) < 4.78 is 11.1. The molecule has 0 unspecified atom stereocenters. The van der Waals surface area contributed by atoms with Crippen molar-refractivity contribution in [2.45, 2.75) is 31.3 Å². The molecule has 2 aliphatic heterocycles. The molecule has 5 rings (SSSR count). The van der Waals surface area contributed by atoms with Gasteiger partial charge in [0.2, 0.25) is 5.91 Å². The second kappa shape index (κ2) is 14.3. The van der Waals surface area contributed by atoms with Crippen LogP contribution in [0.3, 0.4) is 0 Å². The zero-order valence-electron chi connectivity index (χ0n) is 25.2. The molecule has 0 spiro atoms. The SMILES string of the molecule is C=CC(=O)Nc1cc(Nc2cc(N3OCC[C@@H]3c3ccccc3)ncn2)c(OC)cc1N1CCC(N(C)CCOC)CC1. The first-order chi connectivity index (χ1) is 21.0. The zero-order valence-corrected chi connectivity index (χ0v) is 25.2. The minimum Gasteiger partial charge on any atom is -0.494 e. The Morgan fingerprint density at radius 3 is 2.63 bits per heavy atom. The standard InChI is InChI=1S/C32H41N7O4/c1-5-32(40)36-25-19-26(29(42-4)20-28(25)38-14-11-24(12-15-38)37(2)16-18-41-3)35-30-21-31(34-22-33-30)39-27(13-17-43-39)23-9-7-6-8-10-23/h5-10,19-22,24,27H,1,11-18H2,2-4H3,(H,36,40)(H,33,34,35)/t27-/m1/s1. The molecule has 0 radical (unpaired) electrons. The minimum absolute atomic E-state index is 0.0578. The topological polar surface area (TPSA) is 104 Å². The molecule has 3 heterocycles. The molecule has 2 aliphatic rings. The van der Waals surface area contributed by atoms with Gasteiger partial charge in [-0.15, -0.1) is 0 Å². The molecule has 1 aromatic heterocycles. The molecular formula is C32H41N7O4. The third-order valence-electron chi connectivity index (χ3n) is 8.07. The monoisotopic (exact) mass is 587 g/mol. The van der Waals surface area contributed by atoms with Crippen molar-refractivity contribution in [3.63, 3.8) is 0 Å². The number of ether oxygens (including phenoxy) is 2. The largest absolute Gasteiger partial charge is 0.494 e. The number of aromatic nitrogens is 2. The van der Waals surface area contributed by atoms with Gasteiger partial charge in [-0.05, 0) is 37.6 Å². The Morgan fingerprint density at radius 2 is 1.91 bits per heavy atom. The van der Waals surface area contributed by atoms with Crippen molar-refractivity contribution in [1.82, 2.24) is 14.9 Å². The van der Waals surface area contributed by atoms with Gasteiger partial charge in [-0.3, -0.25) is 9.63 Å². The van der Waals surface area contributed by atoms with Gasteiger partial charge >= 0.3 is 0 Å². The molecular weight excluding hydrogens is 546 g/mol. The van der Waals surface area contributed by atoms with E-state index >= 15 is 0 Å². The summed E-state index contributed by atoms with van der Waals surface area (Å²) in [6, 6.07) is 16.5. The number of hydrogen-bond donors (Lipinski definition) is 2. The van der Waals surface area contributed by atoms with Crippen LogP contribution in [0.15, 0.2) is 67.5 Å². The van der Waals surface area contributed by atoms with Crippen molar-refractivity contribution < 1.29 is 19.1 Å². The molecule has 11 heteroatoms. The number of carbonyl (C=O) groups excluding carboxylic acids is 1. The van der Waals surface area contributed by atoms with E-state index in [4.69, 9.17) is 14.3 Å². The first-order valence-corrected chi connectivity index (χ1v) is 14.7. The number of carbonyl (C=O) groups is 1. The molecule has 43 heavy (non-hydrogen) atoms. The minimum atomic E-state index is -0.283. The molecule has 2 saturated heterocycles. The summed E-state index contributed by atoms with van der Waals surface area (Å²) in [6.45, 7) is 7.56. The Balaban J connectivity index is 1.38. The lowest BCUT2D eigenvalue weighted by molar-refractivity contribution is -0.111. The van der Waals surface area contributed by atoms with Gasteiger partial charge in [0.25, 0.3) is 0 Å². The average Bonchev–Trinajstić information content (AvgIpc) is 3.55. The first kappa shape index (κ1) is 30.3. The van der Waals surface area contributed by atoms with E-state index in [0.29, 0.717) is 48.0 Å². The van der Waals surface area contributed by atoms with Gasteiger partial charge in [-0.1, -0.05) is 36.9 Å². The number of anilines is 5. The van der Waals surface area contributed by atoms with Crippen molar-refractivity contribution in [3.8, 4) is 5.75 Å². The summed E-state index contributed by atoms with van der Waals surface area (Å²) in [7, 11) is 5.51. The van der Waals surface area contributed by atoms with Crippen molar-refractivity contribution in [2.24, 2.45) is 0 Å². The average molecular weight is 588 g/mol. The molecule has 11 nitrogen and oxygen atoms in total. The highest BCUT2D eigenvalue weighted by molar-refractivity contribution is 6.02. The summed E-state index contributed by atoms with van der Waals surface area (Å²) in [6.07, 6.45) is 5.65. The molecule has 2 N–H and O–H groups in total. The van der Waals surface area contributed by atoms with Gasteiger partial charge in [0.15, 0.2) is 5.82 Å². The summed E-state index contributed by atoms with van der Waals surface area (Å²) >= 11 is 0. The fourth-order valence-corrected chi connectivity index (χ4v) is 5.69. The number of rotatable bonds is 12. The van der Waals surface area contributed by atoms with Crippen LogP contribution < -0.4 is 25.3 Å². The predicted octanol–water partition coefficient (Wildman–Crippen LogP) is 4.78. The van der Waals surface area contributed by atoms with E-state index in [-0.39, 0.29) is 11.9 Å². The fourth-order valence-electron chi connectivity index (χ4n) is 5.69. The molecule has 0 saturated carbocycles. The lowest BCUT2D eigenvalue weighted by Crippen LogP contribution is -2.44. The Hall–Kier alpha value is -4.19. The summed E-state index contributed by atoms with van der Waals surface area (Å²) in [5.41, 5.74) is 3.39. The van der Waals surface area contributed by atoms with Crippen LogP contribution in [0.25, 0.3) is 0 Å². The van der Waals surface area contributed by atoms with E-state index < -0.39 is 0 Å². The van der Waals surface area contributed by atoms with E-state index in [0.717, 1.165) is 44.6 Å². The first-order valence-electron chi connectivity index (χ1n) is 14.7.